The molecule has 0 spiro atoms. The number of rotatable bonds is 6. The monoisotopic (exact) mass is 419 g/mol. The fraction of sp³-hybridized carbons (Fsp3) is 0.462. The molecule has 0 bridgehead atoms. The predicted octanol–water partition coefficient (Wildman–Crippen LogP) is 3.97. The zero-order valence-electron chi connectivity index (χ0n) is 18.9. The molecule has 0 aliphatic carbocycles. The van der Waals surface area contributed by atoms with Crippen LogP contribution in [0.25, 0.3) is 11.1 Å². The van der Waals surface area contributed by atoms with Gasteiger partial charge in [-0.25, -0.2) is 0 Å². The van der Waals surface area contributed by atoms with E-state index in [0.717, 1.165) is 54.9 Å². The number of benzene rings is 2. The first-order chi connectivity index (χ1) is 14.9. The van der Waals surface area contributed by atoms with Gasteiger partial charge in [0.25, 0.3) is 11.8 Å². The van der Waals surface area contributed by atoms with E-state index in [1.807, 2.05) is 49.1 Å². The molecule has 2 aromatic carbocycles. The molecule has 2 aromatic rings. The van der Waals surface area contributed by atoms with E-state index in [2.05, 4.69) is 29.3 Å². The third-order valence-electron chi connectivity index (χ3n) is 6.53. The van der Waals surface area contributed by atoms with E-state index >= 15 is 0 Å². The maximum atomic E-state index is 13.2. The van der Waals surface area contributed by atoms with Crippen molar-refractivity contribution in [2.75, 3.05) is 26.2 Å². The van der Waals surface area contributed by atoms with Gasteiger partial charge in [0.1, 0.15) is 0 Å². The van der Waals surface area contributed by atoms with Crippen LogP contribution in [0, 0.1) is 0 Å². The molecule has 2 heterocycles. The van der Waals surface area contributed by atoms with Gasteiger partial charge < -0.3 is 10.2 Å². The summed E-state index contributed by atoms with van der Waals surface area (Å²) in [6.07, 6.45) is 3.43. The molecule has 0 aromatic heterocycles. The standard InChI is InChI=1S/C26H33N3O2/c1-18(2)27-25(30)22-9-6-20(7-10-22)23-11-8-21-12-14-29(26(31)24(21)17-23)16-15-28-13-4-5-19(28)3/h6-11,17-19H,4-5,12-16H2,1-3H3,(H,27,30)/t19-/m1/s1. The molecule has 1 N–H and O–H groups in total. The highest BCUT2D eigenvalue weighted by Crippen LogP contribution is 2.27. The summed E-state index contributed by atoms with van der Waals surface area (Å²) in [4.78, 5) is 29.9. The van der Waals surface area contributed by atoms with Gasteiger partial charge >= 0.3 is 0 Å². The normalized spacial score (nSPS) is 19.0. The first kappa shape index (κ1) is 21.6. The van der Waals surface area contributed by atoms with E-state index in [1.165, 1.54) is 12.8 Å². The highest BCUT2D eigenvalue weighted by molar-refractivity contribution is 5.98. The molecule has 1 atom stereocenters. The van der Waals surface area contributed by atoms with Crippen molar-refractivity contribution in [2.24, 2.45) is 0 Å². The van der Waals surface area contributed by atoms with Crippen LogP contribution < -0.4 is 5.32 Å². The van der Waals surface area contributed by atoms with E-state index in [4.69, 9.17) is 0 Å². The third kappa shape index (κ3) is 4.82. The van der Waals surface area contributed by atoms with Gasteiger partial charge in [-0.15, -0.1) is 0 Å². The lowest BCUT2D eigenvalue weighted by Gasteiger charge is -2.31. The fourth-order valence-electron chi connectivity index (χ4n) is 4.65. The summed E-state index contributed by atoms with van der Waals surface area (Å²) >= 11 is 0. The minimum absolute atomic E-state index is 0.0647. The second kappa shape index (κ2) is 9.23. The van der Waals surface area contributed by atoms with Crippen LogP contribution in [0.1, 0.15) is 59.9 Å². The van der Waals surface area contributed by atoms with Crippen LogP contribution in [0.3, 0.4) is 0 Å². The van der Waals surface area contributed by atoms with E-state index in [-0.39, 0.29) is 17.9 Å². The van der Waals surface area contributed by atoms with Crippen LogP contribution >= 0.6 is 0 Å². The Morgan fingerprint density at radius 2 is 1.81 bits per heavy atom. The maximum absolute atomic E-state index is 13.2. The predicted molar refractivity (Wildman–Crippen MR) is 124 cm³/mol. The molecule has 0 saturated carbocycles. The Morgan fingerprint density at radius 3 is 2.48 bits per heavy atom. The Balaban J connectivity index is 1.47. The lowest BCUT2D eigenvalue weighted by molar-refractivity contribution is 0.0716. The molecular formula is C26H33N3O2. The Morgan fingerprint density at radius 1 is 1.06 bits per heavy atom. The minimum atomic E-state index is -0.0647. The van der Waals surface area contributed by atoms with Gasteiger partial charge in [-0.3, -0.25) is 14.5 Å². The fourth-order valence-corrected chi connectivity index (χ4v) is 4.65. The largest absolute Gasteiger partial charge is 0.350 e. The molecule has 0 radical (unpaired) electrons. The number of hydrogen-bond donors (Lipinski definition) is 1. The zero-order valence-corrected chi connectivity index (χ0v) is 18.9. The molecule has 2 aliphatic heterocycles. The average molecular weight is 420 g/mol. The number of carbonyl (C=O) groups excluding carboxylic acids is 2. The second-order valence-electron chi connectivity index (χ2n) is 9.15. The van der Waals surface area contributed by atoms with Crippen molar-refractivity contribution in [1.29, 1.82) is 0 Å². The van der Waals surface area contributed by atoms with Crippen molar-refractivity contribution in [3.63, 3.8) is 0 Å². The second-order valence-corrected chi connectivity index (χ2v) is 9.15. The molecule has 1 saturated heterocycles. The number of amides is 2. The molecule has 0 unspecified atom stereocenters. The number of carbonyl (C=O) groups is 2. The van der Waals surface area contributed by atoms with Gasteiger partial charge in [0.2, 0.25) is 0 Å². The van der Waals surface area contributed by atoms with Crippen molar-refractivity contribution in [3.8, 4) is 11.1 Å². The molecule has 164 valence electrons. The zero-order chi connectivity index (χ0) is 22.0. The summed E-state index contributed by atoms with van der Waals surface area (Å²) in [6.45, 7) is 9.89. The summed E-state index contributed by atoms with van der Waals surface area (Å²) < 4.78 is 0. The van der Waals surface area contributed by atoms with Gasteiger partial charge in [-0.1, -0.05) is 24.3 Å². The van der Waals surface area contributed by atoms with Gasteiger partial charge in [0.15, 0.2) is 0 Å². The van der Waals surface area contributed by atoms with E-state index in [0.29, 0.717) is 11.6 Å². The Bertz CT molecular complexity index is 952. The first-order valence-electron chi connectivity index (χ1n) is 11.5. The van der Waals surface area contributed by atoms with Crippen LogP contribution in [0.2, 0.25) is 0 Å². The SMILES string of the molecule is CC(C)NC(=O)c1ccc(-c2ccc3c(c2)C(=O)N(CCN2CCC[C@H]2C)CC3)cc1. The van der Waals surface area contributed by atoms with Gasteiger partial charge in [-0.2, -0.15) is 0 Å². The highest BCUT2D eigenvalue weighted by atomic mass is 16.2. The van der Waals surface area contributed by atoms with Crippen LogP contribution in [0.4, 0.5) is 0 Å². The molecule has 5 heteroatoms. The van der Waals surface area contributed by atoms with Crippen LogP contribution in [0.15, 0.2) is 42.5 Å². The molecule has 2 aliphatic rings. The maximum Gasteiger partial charge on any atom is 0.254 e. The van der Waals surface area contributed by atoms with E-state index in [1.54, 1.807) is 0 Å². The van der Waals surface area contributed by atoms with Crippen LogP contribution in [-0.2, 0) is 6.42 Å². The summed E-state index contributed by atoms with van der Waals surface area (Å²) in [5, 5.41) is 2.91. The smallest absolute Gasteiger partial charge is 0.254 e. The van der Waals surface area contributed by atoms with Crippen molar-refractivity contribution in [2.45, 2.75) is 52.1 Å². The third-order valence-corrected chi connectivity index (χ3v) is 6.53. The summed E-state index contributed by atoms with van der Waals surface area (Å²) in [7, 11) is 0. The number of likely N-dealkylation sites (tertiary alicyclic amines) is 1. The van der Waals surface area contributed by atoms with Crippen molar-refractivity contribution in [3.05, 3.63) is 59.2 Å². The molecule has 1 fully saturated rings. The molecule has 5 nitrogen and oxygen atoms in total. The van der Waals surface area contributed by atoms with Gasteiger partial charge in [0, 0.05) is 42.8 Å². The molecule has 4 rings (SSSR count). The Kier molecular flexibility index (Phi) is 6.42. The van der Waals surface area contributed by atoms with E-state index in [9.17, 15) is 9.59 Å². The van der Waals surface area contributed by atoms with Crippen molar-refractivity contribution in [1.82, 2.24) is 15.1 Å². The van der Waals surface area contributed by atoms with Crippen LogP contribution in [0.5, 0.6) is 0 Å². The Labute approximate surface area is 185 Å². The summed E-state index contributed by atoms with van der Waals surface area (Å²) in [5.41, 5.74) is 4.62. The number of hydrogen-bond acceptors (Lipinski definition) is 3. The lowest BCUT2D eigenvalue weighted by Crippen LogP contribution is -2.43. The first-order valence-corrected chi connectivity index (χ1v) is 11.5. The van der Waals surface area contributed by atoms with Gasteiger partial charge in [0.05, 0.1) is 0 Å². The Hall–Kier alpha value is -2.66. The average Bonchev–Trinajstić information content (AvgIpc) is 3.17. The topological polar surface area (TPSA) is 52.7 Å². The summed E-state index contributed by atoms with van der Waals surface area (Å²) in [6, 6.07) is 14.5. The molecule has 31 heavy (non-hydrogen) atoms. The van der Waals surface area contributed by atoms with Gasteiger partial charge in [-0.05, 0) is 81.5 Å². The molecular weight excluding hydrogens is 386 g/mol. The number of fused-ring (bicyclic) bond motifs is 1. The van der Waals surface area contributed by atoms with Crippen molar-refractivity contribution >= 4 is 11.8 Å². The number of nitrogens with one attached hydrogen (secondary N) is 1. The minimum Gasteiger partial charge on any atom is -0.350 e. The van der Waals surface area contributed by atoms with Crippen molar-refractivity contribution < 1.29 is 9.59 Å². The van der Waals surface area contributed by atoms with Crippen LogP contribution in [-0.4, -0.2) is 59.9 Å². The highest BCUT2D eigenvalue weighted by Gasteiger charge is 2.26. The lowest BCUT2D eigenvalue weighted by atomic mass is 9.94. The molecule has 2 amide bonds. The van der Waals surface area contributed by atoms with E-state index < -0.39 is 0 Å². The summed E-state index contributed by atoms with van der Waals surface area (Å²) in [5.74, 6) is 0.0769. The number of nitrogens with zero attached hydrogens (tertiary/aromatic N) is 2. The quantitative estimate of drug-likeness (QED) is 0.771.